The van der Waals surface area contributed by atoms with Crippen LogP contribution in [0.4, 0.5) is 21.5 Å². The van der Waals surface area contributed by atoms with E-state index in [1.54, 1.807) is 37.4 Å². The van der Waals surface area contributed by atoms with E-state index in [9.17, 15) is 19.3 Å². The molecule has 2 aliphatic rings. The minimum absolute atomic E-state index is 0.00460. The smallest absolute Gasteiger partial charge is 0.269 e. The molecule has 1 fully saturated rings. The molecule has 10 heteroatoms. The van der Waals surface area contributed by atoms with E-state index in [-0.39, 0.29) is 30.0 Å². The number of halogens is 2. The lowest BCUT2D eigenvalue weighted by Gasteiger charge is -2.49. The summed E-state index contributed by atoms with van der Waals surface area (Å²) in [5.74, 6) is -0.253. The molecule has 1 amide bonds. The first kappa shape index (κ1) is 24.8. The molecule has 2 heterocycles. The number of carbonyl (C=O) groups is 1. The Balaban J connectivity index is 1.45. The van der Waals surface area contributed by atoms with Crippen molar-refractivity contribution in [3.63, 3.8) is 0 Å². The summed E-state index contributed by atoms with van der Waals surface area (Å²) in [6.45, 7) is 2.08. The zero-order chi connectivity index (χ0) is 26.1. The van der Waals surface area contributed by atoms with Crippen LogP contribution in [0.25, 0.3) is 0 Å². The number of nitro benzene ring substituents is 1. The van der Waals surface area contributed by atoms with Crippen molar-refractivity contribution >= 4 is 34.6 Å². The van der Waals surface area contributed by atoms with E-state index >= 15 is 0 Å². The van der Waals surface area contributed by atoms with Gasteiger partial charge >= 0.3 is 0 Å². The highest BCUT2D eigenvalue weighted by Gasteiger charge is 2.42. The second kappa shape index (κ2) is 10.3. The van der Waals surface area contributed by atoms with Crippen LogP contribution >= 0.6 is 11.6 Å². The summed E-state index contributed by atoms with van der Waals surface area (Å²) < 4.78 is 18.9. The van der Waals surface area contributed by atoms with Gasteiger partial charge in [-0.1, -0.05) is 23.7 Å². The number of benzene rings is 3. The number of nitrogens with one attached hydrogen (secondary N) is 1. The van der Waals surface area contributed by atoms with Gasteiger partial charge in [0.15, 0.2) is 0 Å². The zero-order valence-electron chi connectivity index (χ0n) is 20.2. The van der Waals surface area contributed by atoms with Gasteiger partial charge in [-0.05, 0) is 53.9 Å². The van der Waals surface area contributed by atoms with Gasteiger partial charge in [-0.3, -0.25) is 14.9 Å². The molecule has 0 radical (unpaired) electrons. The summed E-state index contributed by atoms with van der Waals surface area (Å²) in [7, 11) is 1.61. The molecule has 5 rings (SSSR count). The number of non-ortho nitro benzene ring substituents is 1. The summed E-state index contributed by atoms with van der Waals surface area (Å²) in [6, 6.07) is 16.1. The standard InChI is InChI=1S/C27H26ClFN4O4/c1-37-26-9-4-19(28)14-24(26)31-10-11-32-23-8-7-21(33(35)36)12-18(23)13-22(25(32)16-31)27(34)30-15-17-2-5-20(29)6-3-17/h2-9,12,14,22,25H,10-11,13,15-16H2,1H3,(H,30,34)/t22-,25+/m0/s1. The number of nitrogens with zero attached hydrogens (tertiary/aromatic N) is 3. The number of hydrogen-bond donors (Lipinski definition) is 1. The molecule has 0 spiro atoms. The van der Waals surface area contributed by atoms with Crippen LogP contribution in [0.1, 0.15) is 11.1 Å². The number of rotatable bonds is 6. The van der Waals surface area contributed by atoms with Crippen LogP contribution < -0.4 is 19.9 Å². The normalized spacial score (nSPS) is 18.6. The number of carbonyl (C=O) groups excluding carboxylic acids is 1. The first-order chi connectivity index (χ1) is 17.8. The maximum absolute atomic E-state index is 13.5. The molecule has 0 unspecified atom stereocenters. The minimum atomic E-state index is -0.456. The Morgan fingerprint density at radius 2 is 1.92 bits per heavy atom. The van der Waals surface area contributed by atoms with Gasteiger partial charge in [-0.25, -0.2) is 4.39 Å². The van der Waals surface area contributed by atoms with Crippen molar-refractivity contribution in [2.75, 3.05) is 36.5 Å². The van der Waals surface area contributed by atoms with Crippen LogP contribution in [0, 0.1) is 21.8 Å². The highest BCUT2D eigenvalue weighted by molar-refractivity contribution is 6.31. The number of nitro groups is 1. The van der Waals surface area contributed by atoms with Gasteiger partial charge in [0.05, 0.1) is 29.7 Å². The third kappa shape index (κ3) is 5.04. The summed E-state index contributed by atoms with van der Waals surface area (Å²) in [6.07, 6.45) is 0.369. The third-order valence-corrected chi connectivity index (χ3v) is 7.34. The highest BCUT2D eigenvalue weighted by atomic mass is 35.5. The molecule has 2 aliphatic heterocycles. The fourth-order valence-electron chi connectivity index (χ4n) is 5.27. The molecule has 192 valence electrons. The number of piperazine rings is 1. The molecule has 3 aromatic rings. The maximum Gasteiger partial charge on any atom is 0.269 e. The monoisotopic (exact) mass is 524 g/mol. The second-order valence-electron chi connectivity index (χ2n) is 9.25. The fourth-order valence-corrected chi connectivity index (χ4v) is 5.44. The fraction of sp³-hybridized carbons (Fsp3) is 0.296. The molecule has 0 aromatic heterocycles. The van der Waals surface area contributed by atoms with Gasteiger partial charge in [0.1, 0.15) is 11.6 Å². The van der Waals surface area contributed by atoms with Gasteiger partial charge in [-0.15, -0.1) is 0 Å². The second-order valence-corrected chi connectivity index (χ2v) is 9.68. The van der Waals surface area contributed by atoms with Crippen molar-refractivity contribution in [1.82, 2.24) is 5.32 Å². The average Bonchev–Trinajstić information content (AvgIpc) is 2.91. The van der Waals surface area contributed by atoms with Crippen LogP contribution in [-0.4, -0.2) is 43.6 Å². The number of ether oxygens (including phenoxy) is 1. The van der Waals surface area contributed by atoms with Crippen molar-refractivity contribution in [3.05, 3.63) is 92.7 Å². The van der Waals surface area contributed by atoms with E-state index in [1.165, 1.54) is 18.2 Å². The molecule has 8 nitrogen and oxygen atoms in total. The number of methoxy groups -OCH3 is 1. The lowest BCUT2D eigenvalue weighted by Crippen LogP contribution is -2.61. The first-order valence-electron chi connectivity index (χ1n) is 12.0. The van der Waals surface area contributed by atoms with Gasteiger partial charge in [-0.2, -0.15) is 0 Å². The first-order valence-corrected chi connectivity index (χ1v) is 12.4. The molecule has 0 saturated carbocycles. The predicted octanol–water partition coefficient (Wildman–Crippen LogP) is 4.58. The Hall–Kier alpha value is -3.85. The van der Waals surface area contributed by atoms with E-state index < -0.39 is 10.8 Å². The number of hydrogen-bond acceptors (Lipinski definition) is 6. The molecular formula is C27H26ClFN4O4. The lowest BCUT2D eigenvalue weighted by atomic mass is 9.83. The van der Waals surface area contributed by atoms with Crippen LogP contribution in [0.2, 0.25) is 5.02 Å². The van der Waals surface area contributed by atoms with Crippen molar-refractivity contribution in [1.29, 1.82) is 0 Å². The summed E-state index contributed by atoms with van der Waals surface area (Å²) in [5, 5.41) is 15.0. The molecular weight excluding hydrogens is 499 g/mol. The Morgan fingerprint density at radius 3 is 2.65 bits per heavy atom. The number of fused-ring (bicyclic) bond motifs is 3. The largest absolute Gasteiger partial charge is 0.495 e. The molecule has 0 aliphatic carbocycles. The highest BCUT2D eigenvalue weighted by Crippen LogP contribution is 2.40. The van der Waals surface area contributed by atoms with Crippen LogP contribution in [0.3, 0.4) is 0 Å². The summed E-state index contributed by atoms with van der Waals surface area (Å²) in [5.41, 5.74) is 3.34. The number of anilines is 2. The lowest BCUT2D eigenvalue weighted by molar-refractivity contribution is -0.384. The Bertz CT molecular complexity index is 1340. The van der Waals surface area contributed by atoms with E-state index in [1.807, 2.05) is 12.1 Å². The molecule has 3 aromatic carbocycles. The van der Waals surface area contributed by atoms with E-state index in [0.717, 1.165) is 22.5 Å². The predicted molar refractivity (Wildman–Crippen MR) is 140 cm³/mol. The van der Waals surface area contributed by atoms with Gasteiger partial charge in [0.2, 0.25) is 5.91 Å². The SMILES string of the molecule is COc1ccc(Cl)cc1N1CCN2c3ccc([N+](=O)[O-])cc3C[C@H](C(=O)NCc3ccc(F)cc3)[C@H]2C1. The summed E-state index contributed by atoms with van der Waals surface area (Å²) >= 11 is 6.29. The van der Waals surface area contributed by atoms with Crippen molar-refractivity contribution in [2.45, 2.75) is 19.0 Å². The minimum Gasteiger partial charge on any atom is -0.495 e. The van der Waals surface area contributed by atoms with E-state index in [2.05, 4.69) is 15.1 Å². The number of amides is 1. The molecule has 0 bridgehead atoms. The summed E-state index contributed by atoms with van der Waals surface area (Å²) in [4.78, 5) is 28.9. The van der Waals surface area contributed by atoms with Crippen molar-refractivity contribution < 1.29 is 18.8 Å². The van der Waals surface area contributed by atoms with Crippen LogP contribution in [-0.2, 0) is 17.8 Å². The average molecular weight is 525 g/mol. The molecule has 1 saturated heterocycles. The topological polar surface area (TPSA) is 87.9 Å². The van der Waals surface area contributed by atoms with Crippen molar-refractivity contribution in [3.8, 4) is 5.75 Å². The molecule has 1 N–H and O–H groups in total. The third-order valence-electron chi connectivity index (χ3n) is 7.10. The van der Waals surface area contributed by atoms with Gasteiger partial charge < -0.3 is 19.9 Å². The van der Waals surface area contributed by atoms with E-state index in [4.69, 9.17) is 16.3 Å². The Labute approximate surface area is 218 Å². The van der Waals surface area contributed by atoms with Crippen LogP contribution in [0.5, 0.6) is 5.75 Å². The Kier molecular flexibility index (Phi) is 6.88. The van der Waals surface area contributed by atoms with Gasteiger partial charge in [0, 0.05) is 49.0 Å². The van der Waals surface area contributed by atoms with Gasteiger partial charge in [0.25, 0.3) is 5.69 Å². The van der Waals surface area contributed by atoms with Crippen LogP contribution in [0.15, 0.2) is 60.7 Å². The zero-order valence-corrected chi connectivity index (χ0v) is 21.0. The quantitative estimate of drug-likeness (QED) is 0.375. The van der Waals surface area contributed by atoms with Crippen molar-refractivity contribution in [2.24, 2.45) is 5.92 Å². The van der Waals surface area contributed by atoms with E-state index in [0.29, 0.717) is 36.8 Å². The molecule has 37 heavy (non-hydrogen) atoms. The Morgan fingerprint density at radius 1 is 1.14 bits per heavy atom. The maximum atomic E-state index is 13.5. The molecule has 2 atom stereocenters.